The van der Waals surface area contributed by atoms with Crippen LogP contribution in [0.15, 0.2) is 66.7 Å². The highest BCUT2D eigenvalue weighted by molar-refractivity contribution is 6.30. The summed E-state index contributed by atoms with van der Waals surface area (Å²) in [5.74, 6) is -1.61. The Morgan fingerprint density at radius 3 is 2.33 bits per heavy atom. The van der Waals surface area contributed by atoms with Gasteiger partial charge >= 0.3 is 6.03 Å². The van der Waals surface area contributed by atoms with E-state index >= 15 is 0 Å². The van der Waals surface area contributed by atoms with Gasteiger partial charge in [-0.3, -0.25) is 4.79 Å². The lowest BCUT2D eigenvalue weighted by Gasteiger charge is -2.25. The quantitative estimate of drug-likeness (QED) is 0.428. The first-order chi connectivity index (χ1) is 15.8. The van der Waals surface area contributed by atoms with E-state index in [4.69, 9.17) is 11.6 Å². The molecule has 172 valence electrons. The zero-order valence-corrected chi connectivity index (χ0v) is 19.0. The topological polar surface area (TPSA) is 61.4 Å². The molecular formula is C25H24ClF2N3O2. The lowest BCUT2D eigenvalue weighted by atomic mass is 10.0. The van der Waals surface area contributed by atoms with Crippen LogP contribution in [-0.2, 0) is 4.79 Å². The van der Waals surface area contributed by atoms with Gasteiger partial charge in [-0.2, -0.15) is 0 Å². The molecule has 0 saturated heterocycles. The molecule has 2 N–H and O–H groups in total. The first kappa shape index (κ1) is 24.2. The second-order valence-corrected chi connectivity index (χ2v) is 7.93. The smallest absolute Gasteiger partial charge is 0.319 e. The van der Waals surface area contributed by atoms with Crippen LogP contribution in [0.2, 0.25) is 5.02 Å². The molecule has 8 heteroatoms. The first-order valence-electron chi connectivity index (χ1n) is 10.4. The van der Waals surface area contributed by atoms with Crippen molar-refractivity contribution in [2.45, 2.75) is 25.8 Å². The zero-order valence-electron chi connectivity index (χ0n) is 18.2. The number of halogens is 3. The molecule has 5 nitrogen and oxygen atoms in total. The normalized spacial score (nSPS) is 11.5. The Morgan fingerprint density at radius 1 is 1.00 bits per heavy atom. The molecule has 3 aromatic carbocycles. The number of likely N-dealkylation sites (N-methyl/N-ethyl adjacent to an activating group) is 1. The second kappa shape index (κ2) is 10.9. The first-order valence-corrected chi connectivity index (χ1v) is 10.8. The molecule has 0 unspecified atom stereocenters. The lowest BCUT2D eigenvalue weighted by molar-refractivity contribution is -0.120. The van der Waals surface area contributed by atoms with Crippen LogP contribution in [0.5, 0.6) is 0 Å². The van der Waals surface area contributed by atoms with Gasteiger partial charge < -0.3 is 15.5 Å². The molecule has 0 aliphatic rings. The van der Waals surface area contributed by atoms with Gasteiger partial charge in [-0.1, -0.05) is 49.2 Å². The summed E-state index contributed by atoms with van der Waals surface area (Å²) in [5, 5.41) is 5.83. The van der Waals surface area contributed by atoms with Crippen molar-refractivity contribution in [1.29, 1.82) is 0 Å². The van der Waals surface area contributed by atoms with Gasteiger partial charge in [-0.25, -0.2) is 13.6 Å². The number of benzene rings is 3. The van der Waals surface area contributed by atoms with Crippen molar-refractivity contribution in [1.82, 2.24) is 5.32 Å². The average molecular weight is 472 g/mol. The van der Waals surface area contributed by atoms with E-state index in [0.29, 0.717) is 29.1 Å². The summed E-state index contributed by atoms with van der Waals surface area (Å²) in [5.41, 5.74) is 1.17. The van der Waals surface area contributed by atoms with Gasteiger partial charge in [-0.15, -0.1) is 0 Å². The Labute approximate surface area is 196 Å². The number of hydrogen-bond donors (Lipinski definition) is 2. The number of urea groups is 1. The molecule has 1 atom stereocenters. The Kier molecular flexibility index (Phi) is 8.01. The molecule has 0 radical (unpaired) electrons. The minimum absolute atomic E-state index is 0.0288. The predicted molar refractivity (Wildman–Crippen MR) is 128 cm³/mol. The van der Waals surface area contributed by atoms with Gasteiger partial charge in [0.1, 0.15) is 17.7 Å². The van der Waals surface area contributed by atoms with Crippen molar-refractivity contribution in [3.05, 3.63) is 83.4 Å². The number of anilines is 2. The minimum Gasteiger partial charge on any atom is -0.326 e. The average Bonchev–Trinajstić information content (AvgIpc) is 2.79. The summed E-state index contributed by atoms with van der Waals surface area (Å²) >= 11 is 5.85. The summed E-state index contributed by atoms with van der Waals surface area (Å²) in [7, 11) is 1.44. The van der Waals surface area contributed by atoms with Crippen molar-refractivity contribution >= 4 is 34.9 Å². The minimum atomic E-state index is -0.863. The van der Waals surface area contributed by atoms with Crippen LogP contribution in [0.3, 0.4) is 0 Å². The van der Waals surface area contributed by atoms with Crippen LogP contribution < -0.4 is 15.5 Å². The third kappa shape index (κ3) is 6.08. The van der Waals surface area contributed by atoms with E-state index in [0.717, 1.165) is 4.90 Å². The molecule has 33 heavy (non-hydrogen) atoms. The molecule has 3 aromatic rings. The number of amides is 3. The summed E-state index contributed by atoms with van der Waals surface area (Å²) in [6, 6.07) is 15.3. The third-order valence-electron chi connectivity index (χ3n) is 5.11. The fourth-order valence-electron chi connectivity index (χ4n) is 3.40. The van der Waals surface area contributed by atoms with Crippen LogP contribution in [-0.4, -0.2) is 25.0 Å². The fraction of sp³-hybridized carbons (Fsp3) is 0.200. The van der Waals surface area contributed by atoms with Gasteiger partial charge in [-0.05, 0) is 54.4 Å². The monoisotopic (exact) mass is 471 g/mol. The van der Waals surface area contributed by atoms with Crippen LogP contribution in [0, 0.1) is 11.6 Å². The molecule has 0 aromatic heterocycles. The molecule has 0 bridgehead atoms. The van der Waals surface area contributed by atoms with Crippen molar-refractivity contribution in [3.63, 3.8) is 0 Å². The highest BCUT2D eigenvalue weighted by atomic mass is 35.5. The van der Waals surface area contributed by atoms with E-state index in [1.807, 2.05) is 6.92 Å². The van der Waals surface area contributed by atoms with Gasteiger partial charge in [0, 0.05) is 23.3 Å². The summed E-state index contributed by atoms with van der Waals surface area (Å²) in [4.78, 5) is 26.6. The maximum Gasteiger partial charge on any atom is 0.319 e. The fourth-order valence-corrected chi connectivity index (χ4v) is 3.52. The van der Waals surface area contributed by atoms with Gasteiger partial charge in [0.05, 0.1) is 5.69 Å². The number of rotatable bonds is 7. The van der Waals surface area contributed by atoms with Crippen molar-refractivity contribution < 1.29 is 18.4 Å². The third-order valence-corrected chi connectivity index (χ3v) is 5.36. The highest BCUT2D eigenvalue weighted by Gasteiger charge is 2.26. The van der Waals surface area contributed by atoms with Crippen LogP contribution in [0.25, 0.3) is 11.1 Å². The second-order valence-electron chi connectivity index (χ2n) is 7.49. The van der Waals surface area contributed by atoms with Crippen molar-refractivity contribution in [2.75, 3.05) is 17.3 Å². The van der Waals surface area contributed by atoms with Crippen LogP contribution in [0.4, 0.5) is 25.0 Å². The molecular weight excluding hydrogens is 448 g/mol. The maximum absolute atomic E-state index is 14.9. The van der Waals surface area contributed by atoms with Crippen molar-refractivity contribution in [2.24, 2.45) is 0 Å². The Bertz CT molecular complexity index is 1140. The van der Waals surface area contributed by atoms with E-state index in [2.05, 4.69) is 10.6 Å². The number of carbonyl (C=O) groups is 2. The highest BCUT2D eigenvalue weighted by Crippen LogP contribution is 2.28. The molecule has 3 amide bonds. The van der Waals surface area contributed by atoms with Gasteiger partial charge in [0.15, 0.2) is 0 Å². The Balaban J connectivity index is 1.74. The molecule has 0 heterocycles. The number of nitrogens with zero attached hydrogens (tertiary/aromatic N) is 1. The number of nitrogens with one attached hydrogen (secondary N) is 2. The van der Waals surface area contributed by atoms with E-state index in [9.17, 15) is 18.4 Å². The SMILES string of the molecule is CCC[C@@H](NC(=O)Nc1ccc(Cl)cc1)C(=O)N(C)c1ccc(-c2ccccc2F)cc1F. The summed E-state index contributed by atoms with van der Waals surface area (Å²) in [6.07, 6.45) is 0.992. The maximum atomic E-state index is 14.9. The largest absolute Gasteiger partial charge is 0.326 e. The molecule has 0 fully saturated rings. The van der Waals surface area contributed by atoms with Gasteiger partial charge in [0.2, 0.25) is 5.91 Å². The molecule has 0 aliphatic carbocycles. The van der Waals surface area contributed by atoms with Crippen molar-refractivity contribution in [3.8, 4) is 11.1 Å². The van der Waals surface area contributed by atoms with Gasteiger partial charge in [0.25, 0.3) is 0 Å². The zero-order chi connectivity index (χ0) is 24.0. The van der Waals surface area contributed by atoms with E-state index in [-0.39, 0.29) is 11.3 Å². The molecule has 3 rings (SSSR count). The molecule has 0 spiro atoms. The Morgan fingerprint density at radius 2 is 1.70 bits per heavy atom. The summed E-state index contributed by atoms with van der Waals surface area (Å²) in [6.45, 7) is 1.88. The van der Waals surface area contributed by atoms with Crippen LogP contribution in [0.1, 0.15) is 19.8 Å². The van der Waals surface area contributed by atoms with E-state index < -0.39 is 29.6 Å². The number of carbonyl (C=O) groups excluding carboxylic acids is 2. The van der Waals surface area contributed by atoms with Crippen LogP contribution >= 0.6 is 11.6 Å². The van der Waals surface area contributed by atoms with E-state index in [1.165, 1.54) is 25.2 Å². The molecule has 0 saturated carbocycles. The number of hydrogen-bond acceptors (Lipinski definition) is 2. The predicted octanol–water partition coefficient (Wildman–Crippen LogP) is 6.24. The standard InChI is InChI=1S/C25H24ClF2N3O2/c1-3-6-22(30-25(33)29-18-12-10-17(26)11-13-18)24(32)31(2)23-14-9-16(15-21(23)28)19-7-4-5-8-20(19)27/h4-5,7-15,22H,3,6H2,1-2H3,(H2,29,30,33)/t22-/m1/s1. The van der Waals surface area contributed by atoms with E-state index in [1.54, 1.807) is 48.5 Å². The summed E-state index contributed by atoms with van der Waals surface area (Å²) < 4.78 is 28.9. The molecule has 0 aliphatic heterocycles. The Hall–Kier alpha value is -3.45. The lowest BCUT2D eigenvalue weighted by Crippen LogP contribution is -2.49.